The lowest BCUT2D eigenvalue weighted by Gasteiger charge is -2.34. The van der Waals surface area contributed by atoms with Crippen LogP contribution in [0.5, 0.6) is 0 Å². The quantitative estimate of drug-likeness (QED) is 0.702. The molecule has 1 fully saturated rings. The van der Waals surface area contributed by atoms with Crippen LogP contribution in [0.25, 0.3) is 0 Å². The average molecular weight is 380 g/mol. The molecule has 1 aliphatic carbocycles. The van der Waals surface area contributed by atoms with Gasteiger partial charge in [0.2, 0.25) is 0 Å². The van der Waals surface area contributed by atoms with E-state index in [0.717, 1.165) is 37.1 Å². The summed E-state index contributed by atoms with van der Waals surface area (Å²) in [6.45, 7) is -0.254. The highest BCUT2D eigenvalue weighted by molar-refractivity contribution is 5.97. The Morgan fingerprint density at radius 3 is 2.29 bits per heavy atom. The summed E-state index contributed by atoms with van der Waals surface area (Å²) in [5.41, 5.74) is 2.22. The highest BCUT2D eigenvalue weighted by atomic mass is 16.5. The zero-order valence-electron chi connectivity index (χ0n) is 16.6. The third-order valence-electron chi connectivity index (χ3n) is 5.17. The van der Waals surface area contributed by atoms with Gasteiger partial charge in [-0.05, 0) is 43.2 Å². The summed E-state index contributed by atoms with van der Waals surface area (Å²) in [4.78, 5) is 29.2. The first-order valence-electron chi connectivity index (χ1n) is 9.88. The van der Waals surface area contributed by atoms with Crippen molar-refractivity contribution in [2.24, 2.45) is 0 Å². The predicted molar refractivity (Wildman–Crippen MR) is 112 cm³/mol. The molecule has 0 atom stereocenters. The molecule has 148 valence electrons. The number of benzene rings is 2. The van der Waals surface area contributed by atoms with Crippen molar-refractivity contribution in [3.63, 3.8) is 0 Å². The molecule has 0 N–H and O–H groups in total. The van der Waals surface area contributed by atoms with Crippen LogP contribution >= 0.6 is 0 Å². The van der Waals surface area contributed by atoms with Crippen LogP contribution in [-0.4, -0.2) is 38.6 Å². The van der Waals surface area contributed by atoms with Gasteiger partial charge < -0.3 is 14.5 Å². The minimum absolute atomic E-state index is 0.166. The van der Waals surface area contributed by atoms with Gasteiger partial charge in [0.15, 0.2) is 6.61 Å². The van der Waals surface area contributed by atoms with Gasteiger partial charge in [-0.1, -0.05) is 43.5 Å². The van der Waals surface area contributed by atoms with E-state index < -0.39 is 5.97 Å². The van der Waals surface area contributed by atoms with Crippen LogP contribution in [0.2, 0.25) is 0 Å². The number of anilines is 2. The van der Waals surface area contributed by atoms with Crippen molar-refractivity contribution in [1.29, 1.82) is 0 Å². The van der Waals surface area contributed by atoms with E-state index in [1.807, 2.05) is 66.4 Å². The van der Waals surface area contributed by atoms with Crippen LogP contribution in [0.4, 0.5) is 11.4 Å². The Bertz CT molecular complexity index is 799. The van der Waals surface area contributed by atoms with Crippen LogP contribution < -0.4 is 9.80 Å². The van der Waals surface area contributed by atoms with Gasteiger partial charge in [0.05, 0.1) is 5.56 Å². The maximum atomic E-state index is 13.0. The summed E-state index contributed by atoms with van der Waals surface area (Å²) < 4.78 is 5.37. The monoisotopic (exact) mass is 380 g/mol. The molecular weight excluding hydrogens is 352 g/mol. The summed E-state index contributed by atoms with van der Waals surface area (Å²) in [7, 11) is 3.83. The molecule has 2 aromatic rings. The SMILES string of the molecule is CN(C)c1cccc(C(=O)OCC(=O)N(c2ccccc2)C2CCCCC2)c1. The molecule has 1 saturated carbocycles. The van der Waals surface area contributed by atoms with E-state index >= 15 is 0 Å². The number of amides is 1. The smallest absolute Gasteiger partial charge is 0.338 e. The zero-order valence-corrected chi connectivity index (χ0v) is 16.6. The van der Waals surface area contributed by atoms with Gasteiger partial charge in [0.1, 0.15) is 0 Å². The molecule has 0 aliphatic heterocycles. The average Bonchev–Trinajstić information content (AvgIpc) is 2.74. The van der Waals surface area contributed by atoms with Gasteiger partial charge in [0, 0.05) is 31.5 Å². The fourth-order valence-corrected chi connectivity index (χ4v) is 3.68. The fraction of sp³-hybridized carbons (Fsp3) is 0.391. The minimum Gasteiger partial charge on any atom is -0.452 e. The maximum absolute atomic E-state index is 13.0. The van der Waals surface area contributed by atoms with Gasteiger partial charge in [0.25, 0.3) is 5.91 Å². The van der Waals surface area contributed by atoms with Crippen molar-refractivity contribution in [2.75, 3.05) is 30.5 Å². The number of carbonyl (C=O) groups is 2. The molecule has 0 spiro atoms. The number of nitrogens with zero attached hydrogens (tertiary/aromatic N) is 2. The highest BCUT2D eigenvalue weighted by Gasteiger charge is 2.27. The standard InChI is InChI=1S/C23H28N2O3/c1-24(2)21-15-9-10-18(16-21)23(27)28-17-22(26)25(19-11-5-3-6-12-19)20-13-7-4-8-14-20/h3,5-6,9-12,15-16,20H,4,7-8,13-14,17H2,1-2H3. The molecule has 28 heavy (non-hydrogen) atoms. The van der Waals surface area contributed by atoms with E-state index in [4.69, 9.17) is 4.74 Å². The Kier molecular flexibility index (Phi) is 6.69. The molecule has 0 bridgehead atoms. The Labute approximate surface area is 166 Å². The third kappa shape index (κ3) is 4.91. The first-order chi connectivity index (χ1) is 13.6. The summed E-state index contributed by atoms with van der Waals surface area (Å²) in [5.74, 6) is -0.649. The van der Waals surface area contributed by atoms with Crippen LogP contribution in [-0.2, 0) is 9.53 Å². The number of esters is 1. The number of ether oxygens (including phenoxy) is 1. The molecule has 0 unspecified atom stereocenters. The van der Waals surface area contributed by atoms with Crippen molar-refractivity contribution < 1.29 is 14.3 Å². The largest absolute Gasteiger partial charge is 0.452 e. The predicted octanol–water partition coefficient (Wildman–Crippen LogP) is 4.28. The van der Waals surface area contributed by atoms with Crippen molar-refractivity contribution >= 4 is 23.3 Å². The lowest BCUT2D eigenvalue weighted by molar-refractivity contribution is -0.122. The zero-order chi connectivity index (χ0) is 19.9. The van der Waals surface area contributed by atoms with Gasteiger partial charge in [-0.25, -0.2) is 4.79 Å². The molecule has 0 saturated heterocycles. The summed E-state index contributed by atoms with van der Waals surface area (Å²) in [5, 5.41) is 0. The van der Waals surface area contributed by atoms with E-state index in [-0.39, 0.29) is 18.6 Å². The molecule has 2 aromatic carbocycles. The number of hydrogen-bond acceptors (Lipinski definition) is 4. The Hall–Kier alpha value is -2.82. The van der Waals surface area contributed by atoms with Crippen LogP contribution in [0, 0.1) is 0 Å². The number of para-hydroxylation sites is 1. The van der Waals surface area contributed by atoms with Crippen molar-refractivity contribution in [2.45, 2.75) is 38.1 Å². The third-order valence-corrected chi connectivity index (χ3v) is 5.17. The highest BCUT2D eigenvalue weighted by Crippen LogP contribution is 2.27. The lowest BCUT2D eigenvalue weighted by atomic mass is 9.93. The first-order valence-corrected chi connectivity index (χ1v) is 9.88. The molecule has 0 heterocycles. The molecular formula is C23H28N2O3. The Balaban J connectivity index is 1.69. The van der Waals surface area contributed by atoms with Crippen molar-refractivity contribution in [1.82, 2.24) is 0 Å². The molecule has 1 amide bonds. The van der Waals surface area contributed by atoms with Crippen molar-refractivity contribution in [3.8, 4) is 0 Å². The molecule has 5 heteroatoms. The lowest BCUT2D eigenvalue weighted by Crippen LogP contribution is -2.43. The molecule has 1 aliphatic rings. The van der Waals surface area contributed by atoms with E-state index in [0.29, 0.717) is 5.56 Å². The van der Waals surface area contributed by atoms with E-state index in [9.17, 15) is 9.59 Å². The van der Waals surface area contributed by atoms with E-state index in [2.05, 4.69) is 0 Å². The van der Waals surface area contributed by atoms with Crippen LogP contribution in [0.1, 0.15) is 42.5 Å². The molecule has 3 rings (SSSR count). The first kappa shape index (κ1) is 19.9. The van der Waals surface area contributed by atoms with Gasteiger partial charge in [-0.15, -0.1) is 0 Å². The molecule has 0 radical (unpaired) electrons. The van der Waals surface area contributed by atoms with Crippen LogP contribution in [0.3, 0.4) is 0 Å². The Morgan fingerprint density at radius 1 is 0.929 bits per heavy atom. The maximum Gasteiger partial charge on any atom is 0.338 e. The molecule has 5 nitrogen and oxygen atoms in total. The van der Waals surface area contributed by atoms with Gasteiger partial charge >= 0.3 is 5.97 Å². The fourth-order valence-electron chi connectivity index (χ4n) is 3.68. The Morgan fingerprint density at radius 2 is 1.61 bits per heavy atom. The second kappa shape index (κ2) is 9.40. The van der Waals surface area contributed by atoms with E-state index in [1.54, 1.807) is 12.1 Å². The van der Waals surface area contributed by atoms with E-state index in [1.165, 1.54) is 6.42 Å². The summed E-state index contributed by atoms with van der Waals surface area (Å²) >= 11 is 0. The number of carbonyl (C=O) groups excluding carboxylic acids is 2. The topological polar surface area (TPSA) is 49.9 Å². The van der Waals surface area contributed by atoms with Gasteiger partial charge in [-0.2, -0.15) is 0 Å². The minimum atomic E-state index is -0.478. The number of rotatable bonds is 6. The molecule has 0 aromatic heterocycles. The normalized spacial score (nSPS) is 14.4. The summed E-state index contributed by atoms with van der Waals surface area (Å²) in [6, 6.07) is 17.0. The van der Waals surface area contributed by atoms with Crippen LogP contribution in [0.15, 0.2) is 54.6 Å². The van der Waals surface area contributed by atoms with Crippen molar-refractivity contribution in [3.05, 3.63) is 60.2 Å². The second-order valence-corrected chi connectivity index (χ2v) is 7.41. The second-order valence-electron chi connectivity index (χ2n) is 7.41. The number of hydrogen-bond donors (Lipinski definition) is 0. The van der Waals surface area contributed by atoms with Gasteiger partial charge in [-0.3, -0.25) is 4.79 Å². The summed E-state index contributed by atoms with van der Waals surface area (Å²) in [6.07, 6.45) is 5.43.